The number of hydrazine groups is 1. The van der Waals surface area contributed by atoms with Crippen molar-refractivity contribution in [2.75, 3.05) is 0 Å². The van der Waals surface area contributed by atoms with Crippen molar-refractivity contribution in [2.45, 2.75) is 18.5 Å². The summed E-state index contributed by atoms with van der Waals surface area (Å²) >= 11 is 0. The second-order valence-electron chi connectivity index (χ2n) is 3.17. The first-order valence-electron chi connectivity index (χ1n) is 4.36. The van der Waals surface area contributed by atoms with Gasteiger partial charge in [0.15, 0.2) is 0 Å². The van der Waals surface area contributed by atoms with Gasteiger partial charge in [-0.05, 0) is 12.0 Å². The van der Waals surface area contributed by atoms with E-state index in [0.29, 0.717) is 0 Å². The fourth-order valence-corrected chi connectivity index (χ4v) is 1.54. The Morgan fingerprint density at radius 1 is 1.23 bits per heavy atom. The van der Waals surface area contributed by atoms with E-state index in [0.717, 1.165) is 6.42 Å². The fraction of sp³-hybridized carbons (Fsp3) is 0.300. The Kier molecular flexibility index (Phi) is 2.26. The molecule has 3 nitrogen and oxygen atoms in total. The van der Waals surface area contributed by atoms with Crippen LogP contribution in [0.2, 0.25) is 0 Å². The van der Waals surface area contributed by atoms with Crippen LogP contribution in [-0.4, -0.2) is 6.04 Å². The van der Waals surface area contributed by atoms with Crippen LogP contribution in [-0.2, 0) is 0 Å². The molecule has 1 heterocycles. The third-order valence-electron chi connectivity index (χ3n) is 2.26. The third-order valence-corrected chi connectivity index (χ3v) is 2.26. The lowest BCUT2D eigenvalue weighted by Gasteiger charge is -2.07. The molecule has 0 radical (unpaired) electrons. The quantitative estimate of drug-likeness (QED) is 0.669. The summed E-state index contributed by atoms with van der Waals surface area (Å²) in [6, 6.07) is 12.5. The lowest BCUT2D eigenvalue weighted by Crippen LogP contribution is -2.29. The Bertz CT molecular complexity index is 315. The summed E-state index contributed by atoms with van der Waals surface area (Å²) in [5.74, 6) is 0. The van der Waals surface area contributed by atoms with E-state index in [1.165, 1.54) is 5.56 Å². The molecule has 3 heteroatoms. The normalized spacial score (nSPS) is 27.0. The van der Waals surface area contributed by atoms with Crippen molar-refractivity contribution >= 4 is 0 Å². The van der Waals surface area contributed by atoms with Crippen molar-refractivity contribution in [3.8, 4) is 6.07 Å². The third kappa shape index (κ3) is 1.69. The Morgan fingerprint density at radius 3 is 2.62 bits per heavy atom. The van der Waals surface area contributed by atoms with E-state index >= 15 is 0 Å². The Hall–Kier alpha value is -1.37. The monoisotopic (exact) mass is 173 g/mol. The summed E-state index contributed by atoms with van der Waals surface area (Å²) in [7, 11) is 0. The highest BCUT2D eigenvalue weighted by molar-refractivity contribution is 5.20. The molecule has 2 atom stereocenters. The van der Waals surface area contributed by atoms with Crippen LogP contribution in [0.5, 0.6) is 0 Å². The van der Waals surface area contributed by atoms with Crippen LogP contribution in [0.3, 0.4) is 0 Å². The van der Waals surface area contributed by atoms with Gasteiger partial charge in [-0.25, -0.2) is 10.9 Å². The highest BCUT2D eigenvalue weighted by Crippen LogP contribution is 2.20. The van der Waals surface area contributed by atoms with Gasteiger partial charge in [0.1, 0.15) is 6.04 Å². The molecular formula is C10H11N3. The lowest BCUT2D eigenvalue weighted by atomic mass is 10.0. The highest BCUT2D eigenvalue weighted by Gasteiger charge is 2.23. The smallest absolute Gasteiger partial charge is 0.110 e. The summed E-state index contributed by atoms with van der Waals surface area (Å²) in [6.45, 7) is 0. The van der Waals surface area contributed by atoms with E-state index in [-0.39, 0.29) is 12.1 Å². The average Bonchev–Trinajstić information content (AvgIpc) is 2.67. The summed E-state index contributed by atoms with van der Waals surface area (Å²) in [5.41, 5.74) is 7.27. The molecule has 0 saturated carbocycles. The minimum Gasteiger partial charge on any atom is -0.249 e. The molecule has 1 saturated heterocycles. The number of hydrogen-bond acceptors (Lipinski definition) is 3. The van der Waals surface area contributed by atoms with Gasteiger partial charge in [0.25, 0.3) is 0 Å². The van der Waals surface area contributed by atoms with Crippen molar-refractivity contribution < 1.29 is 0 Å². The minimum atomic E-state index is -0.0646. The van der Waals surface area contributed by atoms with Crippen molar-refractivity contribution in [1.29, 1.82) is 5.26 Å². The predicted molar refractivity (Wildman–Crippen MR) is 49.5 cm³/mol. The van der Waals surface area contributed by atoms with Crippen molar-refractivity contribution in [1.82, 2.24) is 10.9 Å². The van der Waals surface area contributed by atoms with Crippen LogP contribution in [0.25, 0.3) is 0 Å². The number of nitrogens with one attached hydrogen (secondary N) is 2. The second kappa shape index (κ2) is 3.56. The van der Waals surface area contributed by atoms with Crippen LogP contribution in [0.1, 0.15) is 18.0 Å². The molecule has 2 rings (SSSR count). The van der Waals surface area contributed by atoms with E-state index in [4.69, 9.17) is 5.26 Å². The molecule has 1 aromatic rings. The van der Waals surface area contributed by atoms with Crippen molar-refractivity contribution in [3.63, 3.8) is 0 Å². The van der Waals surface area contributed by atoms with Gasteiger partial charge in [-0.1, -0.05) is 30.3 Å². The maximum absolute atomic E-state index is 8.68. The Balaban J connectivity index is 2.09. The first-order chi connectivity index (χ1) is 6.40. The van der Waals surface area contributed by atoms with Crippen LogP contribution in [0.15, 0.2) is 30.3 Å². The number of nitrogens with zero attached hydrogens (tertiary/aromatic N) is 1. The number of rotatable bonds is 1. The molecule has 1 aliphatic heterocycles. The molecule has 0 aromatic heterocycles. The van der Waals surface area contributed by atoms with Gasteiger partial charge in [0.2, 0.25) is 0 Å². The zero-order valence-corrected chi connectivity index (χ0v) is 7.20. The SMILES string of the molecule is N#CC1CC(c2ccccc2)NN1. The maximum atomic E-state index is 8.68. The molecule has 2 N–H and O–H groups in total. The molecule has 1 aromatic carbocycles. The van der Waals surface area contributed by atoms with Gasteiger partial charge in [0, 0.05) is 6.04 Å². The molecule has 1 aliphatic rings. The molecule has 0 aliphatic carbocycles. The van der Waals surface area contributed by atoms with E-state index in [9.17, 15) is 0 Å². The molecule has 0 bridgehead atoms. The summed E-state index contributed by atoms with van der Waals surface area (Å²) in [5, 5.41) is 8.68. The standard InChI is InChI=1S/C10H11N3/c11-7-9-6-10(13-12-9)8-4-2-1-3-5-8/h1-5,9-10,12-13H,6H2. The highest BCUT2D eigenvalue weighted by atomic mass is 15.4. The van der Waals surface area contributed by atoms with Crippen LogP contribution in [0, 0.1) is 11.3 Å². The minimum absolute atomic E-state index is 0.0646. The molecular weight excluding hydrogens is 162 g/mol. The number of hydrogen-bond donors (Lipinski definition) is 2. The molecule has 0 spiro atoms. The molecule has 1 fully saturated rings. The van der Waals surface area contributed by atoms with Gasteiger partial charge in [-0.3, -0.25) is 0 Å². The molecule has 0 amide bonds. The van der Waals surface area contributed by atoms with E-state index in [2.05, 4.69) is 29.1 Å². The van der Waals surface area contributed by atoms with Gasteiger partial charge in [0.05, 0.1) is 6.07 Å². The Morgan fingerprint density at radius 2 is 2.00 bits per heavy atom. The lowest BCUT2D eigenvalue weighted by molar-refractivity contribution is 0.573. The first kappa shape index (κ1) is 8.24. The topological polar surface area (TPSA) is 47.9 Å². The van der Waals surface area contributed by atoms with Gasteiger partial charge >= 0.3 is 0 Å². The Labute approximate surface area is 77.3 Å². The van der Waals surface area contributed by atoms with Crippen LogP contribution >= 0.6 is 0 Å². The maximum Gasteiger partial charge on any atom is 0.110 e. The van der Waals surface area contributed by atoms with Crippen molar-refractivity contribution in [3.05, 3.63) is 35.9 Å². The van der Waals surface area contributed by atoms with Gasteiger partial charge in [-0.15, -0.1) is 0 Å². The van der Waals surface area contributed by atoms with E-state index < -0.39 is 0 Å². The largest absolute Gasteiger partial charge is 0.249 e. The van der Waals surface area contributed by atoms with Crippen LogP contribution in [0.4, 0.5) is 0 Å². The van der Waals surface area contributed by atoms with Gasteiger partial charge in [-0.2, -0.15) is 5.26 Å². The predicted octanol–water partition coefficient (Wildman–Crippen LogP) is 1.12. The molecule has 13 heavy (non-hydrogen) atoms. The van der Waals surface area contributed by atoms with Crippen molar-refractivity contribution in [2.24, 2.45) is 0 Å². The van der Waals surface area contributed by atoms with E-state index in [1.807, 2.05) is 18.2 Å². The summed E-state index contributed by atoms with van der Waals surface area (Å²) < 4.78 is 0. The molecule has 2 unspecified atom stereocenters. The average molecular weight is 173 g/mol. The first-order valence-corrected chi connectivity index (χ1v) is 4.36. The molecule has 66 valence electrons. The zero-order valence-electron chi connectivity index (χ0n) is 7.20. The van der Waals surface area contributed by atoms with E-state index in [1.54, 1.807) is 0 Å². The second-order valence-corrected chi connectivity index (χ2v) is 3.17. The summed E-state index contributed by atoms with van der Waals surface area (Å²) in [4.78, 5) is 0. The number of nitriles is 1. The van der Waals surface area contributed by atoms with Crippen LogP contribution < -0.4 is 10.9 Å². The summed E-state index contributed by atoms with van der Waals surface area (Å²) in [6.07, 6.45) is 0.834. The fourth-order valence-electron chi connectivity index (χ4n) is 1.54. The number of benzene rings is 1. The zero-order chi connectivity index (χ0) is 9.10. The van der Waals surface area contributed by atoms with Gasteiger partial charge < -0.3 is 0 Å².